The van der Waals surface area contributed by atoms with E-state index in [1.165, 1.54) is 5.01 Å². The molecular formula is C7H14N2O2. The monoisotopic (exact) mass is 158 g/mol. The molecule has 1 heterocycles. The van der Waals surface area contributed by atoms with E-state index in [1.54, 1.807) is 0 Å². The predicted molar refractivity (Wildman–Crippen MR) is 41.7 cm³/mol. The molecule has 2 unspecified atom stereocenters. The fourth-order valence-electron chi connectivity index (χ4n) is 1.31. The SMILES string of the molecule is CCC1OCCC(C)N1N=O. The van der Waals surface area contributed by atoms with E-state index in [0.29, 0.717) is 0 Å². The Labute approximate surface area is 66.5 Å². The van der Waals surface area contributed by atoms with Gasteiger partial charge in [-0.05, 0) is 19.8 Å². The molecule has 0 N–H and O–H groups in total. The number of nitrogens with zero attached hydrogens (tertiary/aromatic N) is 2. The zero-order valence-electron chi connectivity index (χ0n) is 6.99. The first-order valence-corrected chi connectivity index (χ1v) is 4.02. The first kappa shape index (κ1) is 8.46. The van der Waals surface area contributed by atoms with Gasteiger partial charge in [-0.2, -0.15) is 0 Å². The Morgan fingerprint density at radius 1 is 1.73 bits per heavy atom. The summed E-state index contributed by atoms with van der Waals surface area (Å²) in [5.41, 5.74) is 0. The number of rotatable bonds is 2. The summed E-state index contributed by atoms with van der Waals surface area (Å²) in [4.78, 5) is 10.3. The lowest BCUT2D eigenvalue weighted by Crippen LogP contribution is -2.44. The van der Waals surface area contributed by atoms with E-state index in [9.17, 15) is 4.91 Å². The average Bonchev–Trinajstić information content (AvgIpc) is 2.04. The lowest BCUT2D eigenvalue weighted by molar-refractivity contribution is -0.120. The van der Waals surface area contributed by atoms with Gasteiger partial charge in [0, 0.05) is 0 Å². The van der Waals surface area contributed by atoms with E-state index < -0.39 is 0 Å². The Bertz CT molecular complexity index is 140. The van der Waals surface area contributed by atoms with Crippen molar-refractivity contribution in [1.82, 2.24) is 5.01 Å². The largest absolute Gasteiger partial charge is 0.357 e. The highest BCUT2D eigenvalue weighted by molar-refractivity contribution is 4.70. The normalized spacial score (nSPS) is 32.0. The van der Waals surface area contributed by atoms with Crippen LogP contribution in [0.2, 0.25) is 0 Å². The zero-order valence-corrected chi connectivity index (χ0v) is 6.99. The Morgan fingerprint density at radius 2 is 2.45 bits per heavy atom. The molecule has 4 heteroatoms. The first-order chi connectivity index (χ1) is 5.29. The van der Waals surface area contributed by atoms with Crippen LogP contribution in [0.3, 0.4) is 0 Å². The Hall–Kier alpha value is -0.640. The smallest absolute Gasteiger partial charge is 0.148 e. The van der Waals surface area contributed by atoms with Crippen LogP contribution in [0.15, 0.2) is 5.29 Å². The van der Waals surface area contributed by atoms with Gasteiger partial charge < -0.3 is 4.74 Å². The molecule has 0 aromatic rings. The molecule has 0 spiro atoms. The molecule has 1 rings (SSSR count). The topological polar surface area (TPSA) is 41.9 Å². The maximum Gasteiger partial charge on any atom is 0.148 e. The van der Waals surface area contributed by atoms with E-state index in [1.807, 2.05) is 13.8 Å². The molecule has 1 saturated heterocycles. The number of nitroso groups, excluding NO2 is 1. The van der Waals surface area contributed by atoms with Crippen molar-refractivity contribution in [2.45, 2.75) is 39.0 Å². The summed E-state index contributed by atoms with van der Waals surface area (Å²) in [7, 11) is 0. The lowest BCUT2D eigenvalue weighted by atomic mass is 10.2. The van der Waals surface area contributed by atoms with Crippen LogP contribution in [0.25, 0.3) is 0 Å². The summed E-state index contributed by atoms with van der Waals surface area (Å²) >= 11 is 0. The maximum absolute atomic E-state index is 10.3. The molecule has 0 bridgehead atoms. The van der Waals surface area contributed by atoms with E-state index in [0.717, 1.165) is 19.4 Å². The summed E-state index contributed by atoms with van der Waals surface area (Å²) in [5, 5.41) is 4.44. The summed E-state index contributed by atoms with van der Waals surface area (Å²) in [5.74, 6) is 0. The first-order valence-electron chi connectivity index (χ1n) is 4.02. The van der Waals surface area contributed by atoms with Crippen LogP contribution in [-0.4, -0.2) is 23.9 Å². The molecule has 1 fully saturated rings. The second-order valence-electron chi connectivity index (χ2n) is 2.83. The Morgan fingerprint density at radius 3 is 2.91 bits per heavy atom. The quantitative estimate of drug-likeness (QED) is 0.572. The fraction of sp³-hybridized carbons (Fsp3) is 1.00. The lowest BCUT2D eigenvalue weighted by Gasteiger charge is -2.35. The molecule has 4 nitrogen and oxygen atoms in total. The van der Waals surface area contributed by atoms with Crippen molar-refractivity contribution < 1.29 is 4.74 Å². The van der Waals surface area contributed by atoms with Crippen LogP contribution in [-0.2, 0) is 4.74 Å². The minimum atomic E-state index is -0.101. The van der Waals surface area contributed by atoms with Crippen molar-refractivity contribution in [2.24, 2.45) is 5.29 Å². The molecule has 11 heavy (non-hydrogen) atoms. The fourth-order valence-corrected chi connectivity index (χ4v) is 1.31. The minimum absolute atomic E-state index is 0.101. The van der Waals surface area contributed by atoms with Gasteiger partial charge in [0.25, 0.3) is 0 Å². The van der Waals surface area contributed by atoms with E-state index in [-0.39, 0.29) is 12.3 Å². The molecule has 2 atom stereocenters. The minimum Gasteiger partial charge on any atom is -0.357 e. The van der Waals surface area contributed by atoms with Crippen molar-refractivity contribution in [3.8, 4) is 0 Å². The van der Waals surface area contributed by atoms with Crippen molar-refractivity contribution in [3.63, 3.8) is 0 Å². The van der Waals surface area contributed by atoms with E-state index in [4.69, 9.17) is 4.74 Å². The molecule has 64 valence electrons. The second-order valence-corrected chi connectivity index (χ2v) is 2.83. The molecule has 0 aromatic heterocycles. The van der Waals surface area contributed by atoms with Gasteiger partial charge in [0.05, 0.1) is 17.9 Å². The molecule has 0 amide bonds. The standard InChI is InChI=1S/C7H14N2O2/c1-3-7-9(8-10)6(2)4-5-11-7/h6-7H,3-5H2,1-2H3. The Balaban J connectivity index is 2.55. The third kappa shape index (κ3) is 1.68. The van der Waals surface area contributed by atoms with E-state index in [2.05, 4.69) is 5.29 Å². The van der Waals surface area contributed by atoms with Gasteiger partial charge in [0.1, 0.15) is 6.23 Å². The van der Waals surface area contributed by atoms with Crippen molar-refractivity contribution in [2.75, 3.05) is 6.61 Å². The molecule has 0 aromatic carbocycles. The molecule has 0 aliphatic carbocycles. The van der Waals surface area contributed by atoms with Crippen LogP contribution >= 0.6 is 0 Å². The second kappa shape index (κ2) is 3.67. The van der Waals surface area contributed by atoms with Crippen LogP contribution in [0.5, 0.6) is 0 Å². The molecular weight excluding hydrogens is 144 g/mol. The Kier molecular flexibility index (Phi) is 2.82. The van der Waals surface area contributed by atoms with Crippen LogP contribution in [0.1, 0.15) is 26.7 Å². The molecule has 1 aliphatic heterocycles. The van der Waals surface area contributed by atoms with Gasteiger partial charge in [-0.15, -0.1) is 4.91 Å². The highest BCUT2D eigenvalue weighted by atomic mass is 16.5. The summed E-state index contributed by atoms with van der Waals surface area (Å²) in [6.45, 7) is 4.72. The molecule has 1 aliphatic rings. The number of hydrogen-bond donors (Lipinski definition) is 0. The molecule has 0 radical (unpaired) electrons. The highest BCUT2D eigenvalue weighted by Crippen LogP contribution is 2.18. The van der Waals surface area contributed by atoms with Gasteiger partial charge in [-0.1, -0.05) is 6.92 Å². The summed E-state index contributed by atoms with van der Waals surface area (Å²) in [6, 6.07) is 0.228. The van der Waals surface area contributed by atoms with Crippen LogP contribution in [0.4, 0.5) is 0 Å². The number of ether oxygens (including phenoxy) is 1. The third-order valence-corrected chi connectivity index (χ3v) is 2.04. The predicted octanol–water partition coefficient (Wildman–Crippen LogP) is 1.51. The maximum atomic E-state index is 10.3. The highest BCUT2D eigenvalue weighted by Gasteiger charge is 2.26. The van der Waals surface area contributed by atoms with Crippen LogP contribution in [0, 0.1) is 4.91 Å². The van der Waals surface area contributed by atoms with Gasteiger partial charge in [-0.3, -0.25) is 0 Å². The van der Waals surface area contributed by atoms with Crippen molar-refractivity contribution in [1.29, 1.82) is 0 Å². The van der Waals surface area contributed by atoms with Gasteiger partial charge in [0.2, 0.25) is 0 Å². The third-order valence-electron chi connectivity index (χ3n) is 2.04. The summed E-state index contributed by atoms with van der Waals surface area (Å²) < 4.78 is 5.33. The summed E-state index contributed by atoms with van der Waals surface area (Å²) in [6.07, 6.45) is 1.61. The van der Waals surface area contributed by atoms with E-state index >= 15 is 0 Å². The average molecular weight is 158 g/mol. The van der Waals surface area contributed by atoms with Gasteiger partial charge in [-0.25, -0.2) is 5.01 Å². The van der Waals surface area contributed by atoms with Gasteiger partial charge in [0.15, 0.2) is 0 Å². The molecule has 0 saturated carbocycles. The van der Waals surface area contributed by atoms with Crippen molar-refractivity contribution >= 4 is 0 Å². The van der Waals surface area contributed by atoms with Crippen LogP contribution < -0.4 is 0 Å². The zero-order chi connectivity index (χ0) is 8.27. The number of hydrogen-bond acceptors (Lipinski definition) is 3. The van der Waals surface area contributed by atoms with Gasteiger partial charge >= 0.3 is 0 Å². The van der Waals surface area contributed by atoms with Crippen molar-refractivity contribution in [3.05, 3.63) is 4.91 Å².